The Hall–Kier alpha value is -2.63. The number of H-pyrrole nitrogens is 1. The van der Waals surface area contributed by atoms with Crippen LogP contribution in [0.5, 0.6) is 0 Å². The molecule has 1 amide bonds. The number of aromatic nitrogens is 2. The predicted octanol–water partition coefficient (Wildman–Crippen LogP) is 3.50. The summed E-state index contributed by atoms with van der Waals surface area (Å²) in [6.45, 7) is 7.71. The number of hydrogen-bond acceptors (Lipinski definition) is 3. The second-order valence-electron chi connectivity index (χ2n) is 7.49. The minimum absolute atomic E-state index is 0.206. The highest BCUT2D eigenvalue weighted by Crippen LogP contribution is 2.58. The lowest BCUT2D eigenvalue weighted by Gasteiger charge is -2.10. The molecule has 25 heavy (non-hydrogen) atoms. The van der Waals surface area contributed by atoms with Crippen LogP contribution in [0.15, 0.2) is 30.3 Å². The standard InChI is InChI=1S/C19H23N3O3/c1-10(2)15-12(11-8-6-5-7-9-11)16(22-21-15)20-17(23)13-14(18(24)25)19(13,3)4/h5-10,13-14H,1-4H3,(H,24,25)(H2,20,21,22,23)/t13-,14-/m0/s1. The van der Waals surface area contributed by atoms with Crippen molar-refractivity contribution in [1.82, 2.24) is 10.2 Å². The van der Waals surface area contributed by atoms with Crippen LogP contribution >= 0.6 is 0 Å². The van der Waals surface area contributed by atoms with Crippen molar-refractivity contribution in [2.24, 2.45) is 17.3 Å². The summed E-state index contributed by atoms with van der Waals surface area (Å²) < 4.78 is 0. The number of aromatic amines is 1. The molecular formula is C19H23N3O3. The second-order valence-corrected chi connectivity index (χ2v) is 7.49. The number of carboxylic acids is 1. The maximum absolute atomic E-state index is 12.6. The van der Waals surface area contributed by atoms with Crippen LogP contribution in [-0.4, -0.2) is 27.2 Å². The zero-order valence-electron chi connectivity index (χ0n) is 14.8. The number of hydrogen-bond donors (Lipinski definition) is 3. The molecule has 1 aliphatic rings. The fraction of sp³-hybridized carbons (Fsp3) is 0.421. The lowest BCUT2D eigenvalue weighted by atomic mass is 9.99. The van der Waals surface area contributed by atoms with E-state index in [2.05, 4.69) is 29.4 Å². The number of nitrogens with zero attached hydrogens (tertiary/aromatic N) is 1. The Kier molecular flexibility index (Phi) is 4.14. The molecular weight excluding hydrogens is 318 g/mol. The Labute approximate surface area is 146 Å². The number of nitrogens with one attached hydrogen (secondary N) is 2. The first-order valence-electron chi connectivity index (χ1n) is 8.42. The summed E-state index contributed by atoms with van der Waals surface area (Å²) in [6.07, 6.45) is 0. The molecule has 3 N–H and O–H groups in total. The summed E-state index contributed by atoms with van der Waals surface area (Å²) in [7, 11) is 0. The van der Waals surface area contributed by atoms with Gasteiger partial charge in [0, 0.05) is 11.3 Å². The second kappa shape index (κ2) is 6.02. The molecule has 0 saturated heterocycles. The van der Waals surface area contributed by atoms with E-state index < -0.39 is 23.2 Å². The van der Waals surface area contributed by atoms with Crippen LogP contribution in [0.4, 0.5) is 5.82 Å². The van der Waals surface area contributed by atoms with E-state index in [0.29, 0.717) is 5.82 Å². The summed E-state index contributed by atoms with van der Waals surface area (Å²) in [5.74, 6) is -1.78. The van der Waals surface area contributed by atoms with Gasteiger partial charge in [0.2, 0.25) is 5.91 Å². The third-order valence-electron chi connectivity index (χ3n) is 5.05. The number of anilines is 1. The largest absolute Gasteiger partial charge is 0.481 e. The molecule has 1 aromatic heterocycles. The molecule has 2 aromatic rings. The predicted molar refractivity (Wildman–Crippen MR) is 95.1 cm³/mol. The van der Waals surface area contributed by atoms with Crippen molar-refractivity contribution in [2.45, 2.75) is 33.6 Å². The molecule has 1 heterocycles. The van der Waals surface area contributed by atoms with Crippen molar-refractivity contribution in [3.63, 3.8) is 0 Å². The van der Waals surface area contributed by atoms with Crippen LogP contribution in [-0.2, 0) is 9.59 Å². The van der Waals surface area contributed by atoms with Crippen molar-refractivity contribution in [3.05, 3.63) is 36.0 Å². The molecule has 1 aromatic carbocycles. The van der Waals surface area contributed by atoms with Crippen molar-refractivity contribution in [3.8, 4) is 11.1 Å². The third-order valence-corrected chi connectivity index (χ3v) is 5.05. The average Bonchev–Trinajstić information content (AvgIpc) is 2.92. The fourth-order valence-electron chi connectivity index (χ4n) is 3.54. The maximum atomic E-state index is 12.6. The van der Waals surface area contributed by atoms with Gasteiger partial charge >= 0.3 is 5.97 Å². The van der Waals surface area contributed by atoms with E-state index >= 15 is 0 Å². The highest BCUT2D eigenvalue weighted by molar-refractivity contribution is 6.01. The fourth-order valence-corrected chi connectivity index (χ4v) is 3.54. The minimum atomic E-state index is -0.932. The molecule has 6 heteroatoms. The van der Waals surface area contributed by atoms with E-state index in [1.807, 2.05) is 30.3 Å². The molecule has 1 saturated carbocycles. The van der Waals surface area contributed by atoms with E-state index in [1.165, 1.54) is 0 Å². The normalized spacial score (nSPS) is 21.2. The van der Waals surface area contributed by atoms with Gasteiger partial charge in [-0.1, -0.05) is 58.0 Å². The summed E-state index contributed by atoms with van der Waals surface area (Å²) in [4.78, 5) is 24.0. The average molecular weight is 341 g/mol. The molecule has 0 radical (unpaired) electrons. The van der Waals surface area contributed by atoms with Crippen molar-refractivity contribution in [2.75, 3.05) is 5.32 Å². The Morgan fingerprint density at radius 2 is 1.84 bits per heavy atom. The van der Waals surface area contributed by atoms with Crippen molar-refractivity contribution < 1.29 is 14.7 Å². The monoisotopic (exact) mass is 341 g/mol. The van der Waals surface area contributed by atoms with E-state index in [9.17, 15) is 14.7 Å². The highest BCUT2D eigenvalue weighted by atomic mass is 16.4. The first-order chi connectivity index (χ1) is 11.7. The van der Waals surface area contributed by atoms with Gasteiger partial charge in [-0.25, -0.2) is 0 Å². The molecule has 2 atom stereocenters. The summed E-state index contributed by atoms with van der Waals surface area (Å²) in [6, 6.07) is 9.73. The number of carbonyl (C=O) groups is 2. The van der Waals surface area contributed by atoms with E-state index in [-0.39, 0.29) is 11.8 Å². The molecule has 1 aliphatic carbocycles. The number of rotatable bonds is 5. The van der Waals surface area contributed by atoms with Gasteiger partial charge in [0.1, 0.15) is 0 Å². The van der Waals surface area contributed by atoms with Crippen LogP contribution in [0.25, 0.3) is 11.1 Å². The number of carboxylic acid groups (broad SMARTS) is 1. The van der Waals surface area contributed by atoms with E-state index in [4.69, 9.17) is 0 Å². The number of benzene rings is 1. The SMILES string of the molecule is CC(C)c1[nH]nc(NC(=O)[C@@H]2[C@@H](C(=O)O)C2(C)C)c1-c1ccccc1. The van der Waals surface area contributed by atoms with Crippen LogP contribution in [0.2, 0.25) is 0 Å². The molecule has 3 rings (SSSR count). The summed E-state index contributed by atoms with van der Waals surface area (Å²) in [5, 5.41) is 19.4. The zero-order chi connectivity index (χ0) is 18.4. The molecule has 0 aliphatic heterocycles. The van der Waals surface area contributed by atoms with Gasteiger partial charge in [0.15, 0.2) is 5.82 Å². The Morgan fingerprint density at radius 3 is 2.36 bits per heavy atom. The highest BCUT2D eigenvalue weighted by Gasteiger charge is 2.66. The first-order valence-corrected chi connectivity index (χ1v) is 8.42. The molecule has 0 spiro atoms. The number of carbonyl (C=O) groups excluding carboxylic acids is 1. The summed E-state index contributed by atoms with van der Waals surface area (Å²) >= 11 is 0. The summed E-state index contributed by atoms with van der Waals surface area (Å²) in [5.41, 5.74) is 2.21. The first kappa shape index (κ1) is 17.2. The van der Waals surface area contributed by atoms with Gasteiger partial charge in [0.05, 0.1) is 11.8 Å². The smallest absolute Gasteiger partial charge is 0.307 e. The molecule has 132 valence electrons. The van der Waals surface area contributed by atoms with E-state index in [1.54, 1.807) is 13.8 Å². The Balaban J connectivity index is 1.92. The van der Waals surface area contributed by atoms with E-state index in [0.717, 1.165) is 16.8 Å². The van der Waals surface area contributed by atoms with Gasteiger partial charge in [-0.2, -0.15) is 5.10 Å². The van der Waals surface area contributed by atoms with Crippen LogP contribution in [0.3, 0.4) is 0 Å². The van der Waals surface area contributed by atoms with Gasteiger partial charge in [-0.05, 0) is 16.9 Å². The third kappa shape index (κ3) is 2.92. The van der Waals surface area contributed by atoms with Gasteiger partial charge in [-0.3, -0.25) is 14.7 Å². The minimum Gasteiger partial charge on any atom is -0.481 e. The maximum Gasteiger partial charge on any atom is 0.307 e. The zero-order valence-corrected chi connectivity index (χ0v) is 14.8. The molecule has 6 nitrogen and oxygen atoms in total. The van der Waals surface area contributed by atoms with Crippen molar-refractivity contribution >= 4 is 17.7 Å². The molecule has 0 unspecified atom stereocenters. The van der Waals surface area contributed by atoms with Gasteiger partial charge < -0.3 is 10.4 Å². The van der Waals surface area contributed by atoms with Crippen LogP contribution < -0.4 is 5.32 Å². The molecule has 1 fully saturated rings. The van der Waals surface area contributed by atoms with Crippen LogP contribution in [0.1, 0.15) is 39.3 Å². The van der Waals surface area contributed by atoms with Gasteiger partial charge in [-0.15, -0.1) is 0 Å². The quantitative estimate of drug-likeness (QED) is 0.776. The number of amides is 1. The van der Waals surface area contributed by atoms with Gasteiger partial charge in [0.25, 0.3) is 0 Å². The Bertz CT molecular complexity index is 809. The lowest BCUT2D eigenvalue weighted by Crippen LogP contribution is -2.18. The lowest BCUT2D eigenvalue weighted by molar-refractivity contribution is -0.140. The van der Waals surface area contributed by atoms with Crippen molar-refractivity contribution in [1.29, 1.82) is 0 Å². The Morgan fingerprint density at radius 1 is 1.20 bits per heavy atom. The topological polar surface area (TPSA) is 95.1 Å². The van der Waals surface area contributed by atoms with Crippen LogP contribution in [0, 0.1) is 17.3 Å². The number of aliphatic carboxylic acids is 1. The molecule has 0 bridgehead atoms.